The highest BCUT2D eigenvalue weighted by molar-refractivity contribution is 5.39. The van der Waals surface area contributed by atoms with Crippen LogP contribution in [0.1, 0.15) is 55.7 Å². The SMILES string of the molecule is CCC1(CC)CC(CNCCc2cccc(C)c2)c2ccccc2O1. The van der Waals surface area contributed by atoms with Gasteiger partial charge in [-0.15, -0.1) is 0 Å². The number of aryl methyl sites for hydroxylation is 1. The zero-order valence-electron chi connectivity index (χ0n) is 15.8. The lowest BCUT2D eigenvalue weighted by Crippen LogP contribution is -2.42. The quantitative estimate of drug-likeness (QED) is 0.697. The van der Waals surface area contributed by atoms with Crippen LogP contribution in [0, 0.1) is 6.92 Å². The molecule has 0 radical (unpaired) electrons. The Morgan fingerprint density at radius 2 is 1.88 bits per heavy atom. The Morgan fingerprint density at radius 3 is 2.64 bits per heavy atom. The molecule has 0 saturated heterocycles. The molecule has 2 nitrogen and oxygen atoms in total. The van der Waals surface area contributed by atoms with Crippen LogP contribution in [-0.4, -0.2) is 18.7 Å². The molecule has 134 valence electrons. The summed E-state index contributed by atoms with van der Waals surface area (Å²) < 4.78 is 6.41. The first kappa shape index (κ1) is 18.0. The van der Waals surface area contributed by atoms with Crippen molar-refractivity contribution in [2.24, 2.45) is 0 Å². The average molecular weight is 338 g/mol. The lowest BCUT2D eigenvalue weighted by atomic mass is 9.79. The minimum Gasteiger partial charge on any atom is -0.487 e. The van der Waals surface area contributed by atoms with E-state index < -0.39 is 0 Å². The Kier molecular flexibility index (Phi) is 5.80. The molecule has 0 spiro atoms. The van der Waals surface area contributed by atoms with Crippen LogP contribution >= 0.6 is 0 Å². The molecule has 2 heteroatoms. The Hall–Kier alpha value is -1.80. The Labute approximate surface area is 152 Å². The van der Waals surface area contributed by atoms with Gasteiger partial charge < -0.3 is 10.1 Å². The number of fused-ring (bicyclic) bond motifs is 1. The third kappa shape index (κ3) is 4.24. The summed E-state index contributed by atoms with van der Waals surface area (Å²) in [7, 11) is 0. The van der Waals surface area contributed by atoms with Gasteiger partial charge in [-0.2, -0.15) is 0 Å². The first-order valence-electron chi connectivity index (χ1n) is 9.70. The van der Waals surface area contributed by atoms with Gasteiger partial charge in [0, 0.05) is 12.5 Å². The standard InChI is InChI=1S/C23H31NO/c1-4-23(5-2)16-20(21-11-6-7-12-22(21)25-23)17-24-14-13-19-10-8-9-18(3)15-19/h6-12,15,20,24H,4-5,13-14,16-17H2,1-3H3. The van der Waals surface area contributed by atoms with Gasteiger partial charge in [0.05, 0.1) is 0 Å². The smallest absolute Gasteiger partial charge is 0.123 e. The van der Waals surface area contributed by atoms with Crippen LogP contribution in [0.4, 0.5) is 0 Å². The van der Waals surface area contributed by atoms with Crippen LogP contribution in [0.2, 0.25) is 0 Å². The minimum atomic E-state index is -0.00274. The molecule has 0 bridgehead atoms. The normalized spacial score (nSPS) is 18.4. The first-order chi connectivity index (χ1) is 12.2. The summed E-state index contributed by atoms with van der Waals surface area (Å²) in [5, 5.41) is 3.69. The number of hydrogen-bond acceptors (Lipinski definition) is 2. The van der Waals surface area contributed by atoms with E-state index in [2.05, 4.69) is 74.6 Å². The highest BCUT2D eigenvalue weighted by Crippen LogP contribution is 2.43. The van der Waals surface area contributed by atoms with E-state index in [4.69, 9.17) is 4.74 Å². The van der Waals surface area contributed by atoms with E-state index >= 15 is 0 Å². The Bertz CT molecular complexity index is 690. The van der Waals surface area contributed by atoms with Crippen molar-refractivity contribution in [3.05, 3.63) is 65.2 Å². The molecule has 0 aromatic heterocycles. The van der Waals surface area contributed by atoms with Gasteiger partial charge >= 0.3 is 0 Å². The van der Waals surface area contributed by atoms with Crippen LogP contribution in [0.25, 0.3) is 0 Å². The van der Waals surface area contributed by atoms with E-state index in [9.17, 15) is 0 Å². The molecule has 0 amide bonds. The Morgan fingerprint density at radius 1 is 1.08 bits per heavy atom. The van der Waals surface area contributed by atoms with Crippen LogP contribution in [0.5, 0.6) is 5.75 Å². The van der Waals surface area contributed by atoms with E-state index in [1.807, 2.05) is 0 Å². The molecule has 1 atom stereocenters. The van der Waals surface area contributed by atoms with Crippen molar-refractivity contribution in [1.29, 1.82) is 0 Å². The fourth-order valence-electron chi connectivity index (χ4n) is 3.99. The summed E-state index contributed by atoms with van der Waals surface area (Å²) in [6, 6.07) is 17.4. The van der Waals surface area contributed by atoms with Gasteiger partial charge in [-0.1, -0.05) is 61.9 Å². The van der Waals surface area contributed by atoms with Crippen molar-refractivity contribution in [3.8, 4) is 5.75 Å². The van der Waals surface area contributed by atoms with Gasteiger partial charge in [-0.05, 0) is 56.3 Å². The molecule has 2 aromatic rings. The maximum atomic E-state index is 6.41. The number of para-hydroxylation sites is 1. The van der Waals surface area contributed by atoms with Gasteiger partial charge in [-0.25, -0.2) is 0 Å². The van der Waals surface area contributed by atoms with Gasteiger partial charge in [0.15, 0.2) is 0 Å². The van der Waals surface area contributed by atoms with Crippen molar-refractivity contribution < 1.29 is 4.74 Å². The molecular formula is C23H31NO. The largest absolute Gasteiger partial charge is 0.487 e. The molecule has 1 unspecified atom stereocenters. The van der Waals surface area contributed by atoms with Crippen molar-refractivity contribution in [2.75, 3.05) is 13.1 Å². The summed E-state index contributed by atoms with van der Waals surface area (Å²) in [5.41, 5.74) is 4.11. The molecule has 0 aliphatic carbocycles. The lowest BCUT2D eigenvalue weighted by molar-refractivity contribution is 0.0275. The average Bonchev–Trinajstić information content (AvgIpc) is 2.65. The third-order valence-corrected chi connectivity index (χ3v) is 5.66. The Balaban J connectivity index is 1.62. The maximum absolute atomic E-state index is 6.41. The van der Waals surface area contributed by atoms with Gasteiger partial charge in [0.25, 0.3) is 0 Å². The molecule has 1 heterocycles. The topological polar surface area (TPSA) is 21.3 Å². The maximum Gasteiger partial charge on any atom is 0.123 e. The van der Waals surface area contributed by atoms with Crippen molar-refractivity contribution >= 4 is 0 Å². The van der Waals surface area contributed by atoms with Crippen molar-refractivity contribution in [1.82, 2.24) is 5.32 Å². The van der Waals surface area contributed by atoms with Crippen LogP contribution < -0.4 is 10.1 Å². The second-order valence-electron chi connectivity index (χ2n) is 7.37. The summed E-state index contributed by atoms with van der Waals surface area (Å²) in [6.07, 6.45) is 4.32. The highest BCUT2D eigenvalue weighted by Gasteiger charge is 2.37. The van der Waals surface area contributed by atoms with E-state index in [0.29, 0.717) is 5.92 Å². The number of benzene rings is 2. The number of ether oxygens (including phenoxy) is 1. The number of rotatable bonds is 7. The third-order valence-electron chi connectivity index (χ3n) is 5.66. The van der Waals surface area contributed by atoms with E-state index in [1.54, 1.807) is 0 Å². The molecule has 1 aliphatic heterocycles. The van der Waals surface area contributed by atoms with Gasteiger partial charge in [-0.3, -0.25) is 0 Å². The van der Waals surface area contributed by atoms with Gasteiger partial charge in [0.2, 0.25) is 0 Å². The monoisotopic (exact) mass is 337 g/mol. The molecule has 0 saturated carbocycles. The molecule has 1 aliphatic rings. The molecule has 25 heavy (non-hydrogen) atoms. The second-order valence-corrected chi connectivity index (χ2v) is 7.37. The minimum absolute atomic E-state index is 0.00274. The first-order valence-corrected chi connectivity index (χ1v) is 9.70. The molecule has 0 fully saturated rings. The van der Waals surface area contributed by atoms with Crippen LogP contribution in [0.15, 0.2) is 48.5 Å². The number of hydrogen-bond donors (Lipinski definition) is 1. The molecule has 2 aromatic carbocycles. The zero-order valence-corrected chi connectivity index (χ0v) is 15.8. The van der Waals surface area contributed by atoms with Crippen molar-refractivity contribution in [2.45, 2.75) is 58.0 Å². The molecular weight excluding hydrogens is 306 g/mol. The predicted molar refractivity (Wildman–Crippen MR) is 105 cm³/mol. The molecule has 1 N–H and O–H groups in total. The molecule has 3 rings (SSSR count). The summed E-state index contributed by atoms with van der Waals surface area (Å²) >= 11 is 0. The van der Waals surface area contributed by atoms with E-state index in [1.165, 1.54) is 16.7 Å². The van der Waals surface area contributed by atoms with Gasteiger partial charge in [0.1, 0.15) is 11.4 Å². The predicted octanol–water partition coefficient (Wildman–Crippen LogP) is 5.25. The van der Waals surface area contributed by atoms with Crippen LogP contribution in [0.3, 0.4) is 0 Å². The van der Waals surface area contributed by atoms with Crippen molar-refractivity contribution in [3.63, 3.8) is 0 Å². The summed E-state index contributed by atoms with van der Waals surface area (Å²) in [5.74, 6) is 1.62. The lowest BCUT2D eigenvalue weighted by Gasteiger charge is -2.41. The zero-order chi connectivity index (χ0) is 17.7. The number of nitrogens with one attached hydrogen (secondary N) is 1. The highest BCUT2D eigenvalue weighted by atomic mass is 16.5. The van der Waals surface area contributed by atoms with E-state index in [-0.39, 0.29) is 5.60 Å². The fraction of sp³-hybridized carbons (Fsp3) is 0.478. The summed E-state index contributed by atoms with van der Waals surface area (Å²) in [4.78, 5) is 0. The summed E-state index contributed by atoms with van der Waals surface area (Å²) in [6.45, 7) is 8.70. The fourth-order valence-corrected chi connectivity index (χ4v) is 3.99. The van der Waals surface area contributed by atoms with Crippen LogP contribution in [-0.2, 0) is 6.42 Å². The van der Waals surface area contributed by atoms with E-state index in [0.717, 1.165) is 44.5 Å². The second kappa shape index (κ2) is 8.05.